The van der Waals surface area contributed by atoms with Crippen molar-refractivity contribution in [2.45, 2.75) is 32.7 Å². The molecule has 76 valence electrons. The van der Waals surface area contributed by atoms with E-state index >= 15 is 0 Å². The lowest BCUT2D eigenvalue weighted by atomic mass is 10.1. The zero-order chi connectivity index (χ0) is 10.4. The first-order valence-corrected chi connectivity index (χ1v) is 5.54. The van der Waals surface area contributed by atoms with Gasteiger partial charge in [-0.05, 0) is 12.8 Å². The van der Waals surface area contributed by atoms with Crippen molar-refractivity contribution in [1.29, 1.82) is 0 Å². The Bertz CT molecular complexity index is 278. The summed E-state index contributed by atoms with van der Waals surface area (Å²) in [6.07, 6.45) is 2.23. The van der Waals surface area contributed by atoms with Crippen LogP contribution in [0.25, 0.3) is 0 Å². The van der Waals surface area contributed by atoms with Crippen LogP contribution in [0.2, 0.25) is 0 Å². The van der Waals surface area contributed by atoms with E-state index in [9.17, 15) is 0 Å². The first kappa shape index (κ1) is 11.2. The van der Waals surface area contributed by atoms with Crippen LogP contribution in [0.5, 0.6) is 0 Å². The van der Waals surface area contributed by atoms with Crippen LogP contribution in [0.1, 0.15) is 32.3 Å². The third-order valence-corrected chi connectivity index (χ3v) is 2.71. The fraction of sp³-hybridized carbons (Fsp3) is 0.417. The standard InChI is InChI=1S/C12H17NS/c1-3-11(4-2)13-12(14)10-8-6-5-7-9-10/h5-9,11H,3-4H2,1-2H3,(H,13,14). The summed E-state index contributed by atoms with van der Waals surface area (Å²) in [4.78, 5) is 0.860. The summed E-state index contributed by atoms with van der Waals surface area (Å²) in [5, 5.41) is 3.36. The van der Waals surface area contributed by atoms with Crippen LogP contribution >= 0.6 is 12.2 Å². The lowest BCUT2D eigenvalue weighted by Crippen LogP contribution is -2.32. The van der Waals surface area contributed by atoms with E-state index in [0.717, 1.165) is 23.4 Å². The Morgan fingerprint density at radius 2 is 1.79 bits per heavy atom. The topological polar surface area (TPSA) is 12.0 Å². The maximum Gasteiger partial charge on any atom is 0.106 e. The molecule has 0 saturated heterocycles. The molecule has 0 bridgehead atoms. The highest BCUT2D eigenvalue weighted by atomic mass is 32.1. The summed E-state index contributed by atoms with van der Waals surface area (Å²) >= 11 is 5.32. The van der Waals surface area contributed by atoms with Crippen molar-refractivity contribution in [2.75, 3.05) is 0 Å². The van der Waals surface area contributed by atoms with E-state index in [1.54, 1.807) is 0 Å². The molecule has 1 aromatic rings. The first-order chi connectivity index (χ1) is 6.77. The minimum absolute atomic E-state index is 0.503. The second-order valence-corrected chi connectivity index (χ2v) is 3.76. The van der Waals surface area contributed by atoms with Crippen molar-refractivity contribution < 1.29 is 0 Å². The molecule has 0 aliphatic carbocycles. The van der Waals surface area contributed by atoms with Crippen LogP contribution in [0.4, 0.5) is 0 Å². The van der Waals surface area contributed by atoms with Gasteiger partial charge in [0.1, 0.15) is 4.99 Å². The smallest absolute Gasteiger partial charge is 0.106 e. The molecule has 0 amide bonds. The molecule has 0 heterocycles. The fourth-order valence-corrected chi connectivity index (χ4v) is 1.65. The molecule has 0 spiro atoms. The summed E-state index contributed by atoms with van der Waals surface area (Å²) in [6, 6.07) is 10.6. The summed E-state index contributed by atoms with van der Waals surface area (Å²) in [6.45, 7) is 4.35. The predicted molar refractivity (Wildman–Crippen MR) is 65.6 cm³/mol. The van der Waals surface area contributed by atoms with Crippen LogP contribution in [-0.2, 0) is 0 Å². The number of hydrogen-bond donors (Lipinski definition) is 1. The first-order valence-electron chi connectivity index (χ1n) is 5.13. The molecular weight excluding hydrogens is 190 g/mol. The predicted octanol–water partition coefficient (Wildman–Crippen LogP) is 3.14. The molecule has 0 unspecified atom stereocenters. The van der Waals surface area contributed by atoms with Gasteiger partial charge in [0.05, 0.1) is 0 Å². The minimum atomic E-state index is 0.503. The van der Waals surface area contributed by atoms with Gasteiger partial charge in [-0.15, -0.1) is 0 Å². The molecule has 0 aliphatic rings. The Balaban J connectivity index is 2.59. The number of benzene rings is 1. The third-order valence-electron chi connectivity index (χ3n) is 2.36. The molecule has 0 aliphatic heterocycles. The molecule has 0 atom stereocenters. The number of nitrogens with one attached hydrogen (secondary N) is 1. The number of hydrogen-bond acceptors (Lipinski definition) is 1. The van der Waals surface area contributed by atoms with E-state index in [2.05, 4.69) is 19.2 Å². The maximum absolute atomic E-state index is 5.32. The van der Waals surface area contributed by atoms with E-state index in [4.69, 9.17) is 12.2 Å². The molecule has 1 nitrogen and oxygen atoms in total. The van der Waals surface area contributed by atoms with Crippen LogP contribution < -0.4 is 5.32 Å². The molecular formula is C12H17NS. The summed E-state index contributed by atoms with van der Waals surface area (Å²) in [5.74, 6) is 0. The highest BCUT2D eigenvalue weighted by Crippen LogP contribution is 2.03. The fourth-order valence-electron chi connectivity index (χ4n) is 1.35. The maximum atomic E-state index is 5.32. The molecule has 0 aromatic heterocycles. The molecule has 0 fully saturated rings. The molecule has 1 N–H and O–H groups in total. The third kappa shape index (κ3) is 3.11. The SMILES string of the molecule is CCC(CC)NC(=S)c1ccccc1. The zero-order valence-corrected chi connectivity index (χ0v) is 9.60. The Hall–Kier alpha value is -0.890. The van der Waals surface area contributed by atoms with Gasteiger partial charge in [0.2, 0.25) is 0 Å². The van der Waals surface area contributed by atoms with Crippen molar-refractivity contribution in [1.82, 2.24) is 5.32 Å². The lowest BCUT2D eigenvalue weighted by molar-refractivity contribution is 0.574. The van der Waals surface area contributed by atoms with Gasteiger partial charge in [-0.1, -0.05) is 56.4 Å². The van der Waals surface area contributed by atoms with E-state index < -0.39 is 0 Å². The van der Waals surface area contributed by atoms with Crippen molar-refractivity contribution in [3.8, 4) is 0 Å². The van der Waals surface area contributed by atoms with Gasteiger partial charge in [0.25, 0.3) is 0 Å². The Labute approximate surface area is 91.5 Å². The minimum Gasteiger partial charge on any atom is -0.373 e. The van der Waals surface area contributed by atoms with Crippen molar-refractivity contribution in [3.63, 3.8) is 0 Å². The Morgan fingerprint density at radius 3 is 2.29 bits per heavy atom. The quantitative estimate of drug-likeness (QED) is 0.761. The van der Waals surface area contributed by atoms with Gasteiger partial charge in [-0.2, -0.15) is 0 Å². The van der Waals surface area contributed by atoms with Crippen LogP contribution in [0.15, 0.2) is 30.3 Å². The normalized spacial score (nSPS) is 10.2. The number of thiocarbonyl (C=S) groups is 1. The monoisotopic (exact) mass is 207 g/mol. The van der Waals surface area contributed by atoms with Crippen LogP contribution in [0.3, 0.4) is 0 Å². The number of rotatable bonds is 4. The van der Waals surface area contributed by atoms with E-state index in [1.165, 1.54) is 0 Å². The Morgan fingerprint density at radius 1 is 1.21 bits per heavy atom. The molecule has 1 aromatic carbocycles. The second-order valence-electron chi connectivity index (χ2n) is 3.35. The Kier molecular flexibility index (Phi) is 4.60. The van der Waals surface area contributed by atoms with E-state index in [1.807, 2.05) is 30.3 Å². The van der Waals surface area contributed by atoms with Crippen LogP contribution in [-0.4, -0.2) is 11.0 Å². The van der Waals surface area contributed by atoms with Crippen LogP contribution in [0, 0.1) is 0 Å². The van der Waals surface area contributed by atoms with Gasteiger partial charge in [-0.3, -0.25) is 0 Å². The average Bonchev–Trinajstić information content (AvgIpc) is 2.26. The van der Waals surface area contributed by atoms with Gasteiger partial charge in [0, 0.05) is 11.6 Å². The van der Waals surface area contributed by atoms with E-state index in [-0.39, 0.29) is 0 Å². The summed E-state index contributed by atoms with van der Waals surface area (Å²) in [5.41, 5.74) is 1.11. The van der Waals surface area contributed by atoms with Gasteiger partial charge >= 0.3 is 0 Å². The molecule has 14 heavy (non-hydrogen) atoms. The average molecular weight is 207 g/mol. The summed E-state index contributed by atoms with van der Waals surface area (Å²) in [7, 11) is 0. The largest absolute Gasteiger partial charge is 0.373 e. The lowest BCUT2D eigenvalue weighted by Gasteiger charge is -2.16. The van der Waals surface area contributed by atoms with Crippen molar-refractivity contribution >= 4 is 17.2 Å². The van der Waals surface area contributed by atoms with Gasteiger partial charge < -0.3 is 5.32 Å². The van der Waals surface area contributed by atoms with Crippen molar-refractivity contribution in [2.24, 2.45) is 0 Å². The van der Waals surface area contributed by atoms with Crippen molar-refractivity contribution in [3.05, 3.63) is 35.9 Å². The summed E-state index contributed by atoms with van der Waals surface area (Å²) < 4.78 is 0. The van der Waals surface area contributed by atoms with Gasteiger partial charge in [-0.25, -0.2) is 0 Å². The molecule has 1 rings (SSSR count). The molecule has 2 heteroatoms. The highest BCUT2D eigenvalue weighted by molar-refractivity contribution is 7.80. The van der Waals surface area contributed by atoms with E-state index in [0.29, 0.717) is 6.04 Å². The molecule has 0 radical (unpaired) electrons. The second kappa shape index (κ2) is 5.76. The van der Waals surface area contributed by atoms with Gasteiger partial charge in [0.15, 0.2) is 0 Å². The molecule has 0 saturated carbocycles. The highest BCUT2D eigenvalue weighted by Gasteiger charge is 2.05. The zero-order valence-electron chi connectivity index (χ0n) is 8.79.